The van der Waals surface area contributed by atoms with E-state index in [1.54, 1.807) is 6.92 Å². The third-order valence-electron chi connectivity index (χ3n) is 8.97. The summed E-state index contributed by atoms with van der Waals surface area (Å²) in [6.45, 7) is 13.6. The van der Waals surface area contributed by atoms with Gasteiger partial charge in [-0.05, 0) is 98.6 Å². The van der Waals surface area contributed by atoms with Crippen LogP contribution in [0.15, 0.2) is 54.1 Å². The lowest BCUT2D eigenvalue weighted by molar-refractivity contribution is -0.129. The van der Waals surface area contributed by atoms with E-state index in [-0.39, 0.29) is 47.3 Å². The quantitative estimate of drug-likeness (QED) is 0.170. The number of aryl methyl sites for hydroxylation is 1. The highest BCUT2D eigenvalue weighted by Gasteiger charge is 2.34. The monoisotopic (exact) mass is 596 g/mol. The molecule has 2 aromatic carbocycles. The van der Waals surface area contributed by atoms with Crippen LogP contribution in [0, 0.1) is 24.7 Å². The minimum absolute atomic E-state index is 0.0126. The molecule has 0 radical (unpaired) electrons. The summed E-state index contributed by atoms with van der Waals surface area (Å²) in [5.41, 5.74) is 8.55. The molecule has 3 atom stereocenters. The van der Waals surface area contributed by atoms with Gasteiger partial charge in [-0.2, -0.15) is 0 Å². The second kappa shape index (κ2) is 16.6. The number of hydrogen-bond acceptors (Lipinski definition) is 4. The van der Waals surface area contributed by atoms with Gasteiger partial charge in [-0.25, -0.2) is 0 Å². The third-order valence-corrected chi connectivity index (χ3v) is 8.97. The molecule has 4 heteroatoms. The SMILES string of the molecule is CCC.CCCC(CC1CC(=O)c2c(C)ccc(CC3=CC(c4cccc(C(C)=O)c4)=CC3)c2C1)C(CC)C(=O)CC(C)=O. The predicted molar refractivity (Wildman–Crippen MR) is 181 cm³/mol. The minimum Gasteiger partial charge on any atom is -0.300 e. The van der Waals surface area contributed by atoms with Crippen molar-refractivity contribution in [2.45, 2.75) is 113 Å². The van der Waals surface area contributed by atoms with E-state index in [9.17, 15) is 19.2 Å². The highest BCUT2D eigenvalue weighted by molar-refractivity contribution is 6.01. The number of carbonyl (C=O) groups excluding carboxylic acids is 4. The normalized spacial score (nSPS) is 17.1. The molecule has 236 valence electrons. The Bertz CT molecular complexity index is 1420. The zero-order chi connectivity index (χ0) is 32.4. The van der Waals surface area contributed by atoms with Gasteiger partial charge in [0.2, 0.25) is 0 Å². The van der Waals surface area contributed by atoms with Gasteiger partial charge in [-0.1, -0.05) is 95.0 Å². The number of carbonyl (C=O) groups is 4. The Balaban J connectivity index is 0.00000169. The van der Waals surface area contributed by atoms with Crippen molar-refractivity contribution in [1.29, 1.82) is 0 Å². The molecule has 4 nitrogen and oxygen atoms in total. The summed E-state index contributed by atoms with van der Waals surface area (Å²) in [5, 5.41) is 0. The van der Waals surface area contributed by atoms with Crippen LogP contribution < -0.4 is 0 Å². The van der Waals surface area contributed by atoms with E-state index in [0.29, 0.717) is 6.42 Å². The van der Waals surface area contributed by atoms with Crippen molar-refractivity contribution in [1.82, 2.24) is 0 Å². The van der Waals surface area contributed by atoms with Crippen LogP contribution in [0.2, 0.25) is 0 Å². The largest absolute Gasteiger partial charge is 0.300 e. The number of Topliss-reactive ketones (excluding diaryl/α,β-unsaturated/α-hetero) is 4. The van der Waals surface area contributed by atoms with E-state index in [4.69, 9.17) is 0 Å². The van der Waals surface area contributed by atoms with Gasteiger partial charge in [-0.3, -0.25) is 19.2 Å². The molecule has 0 saturated heterocycles. The van der Waals surface area contributed by atoms with E-state index >= 15 is 0 Å². The van der Waals surface area contributed by atoms with Gasteiger partial charge < -0.3 is 0 Å². The molecule has 0 aliphatic heterocycles. The summed E-state index contributed by atoms with van der Waals surface area (Å²) < 4.78 is 0. The van der Waals surface area contributed by atoms with E-state index in [1.165, 1.54) is 30.0 Å². The molecule has 2 aliphatic carbocycles. The van der Waals surface area contributed by atoms with Crippen molar-refractivity contribution in [3.05, 3.63) is 87.5 Å². The summed E-state index contributed by atoms with van der Waals surface area (Å²) >= 11 is 0. The lowest BCUT2D eigenvalue weighted by atomic mass is 9.71. The maximum atomic E-state index is 13.5. The van der Waals surface area contributed by atoms with Gasteiger partial charge >= 0.3 is 0 Å². The van der Waals surface area contributed by atoms with Gasteiger partial charge in [0.05, 0.1) is 6.42 Å². The molecule has 2 aliphatic rings. The van der Waals surface area contributed by atoms with Crippen molar-refractivity contribution in [2.75, 3.05) is 0 Å². The van der Waals surface area contributed by atoms with E-state index in [2.05, 4.69) is 45.1 Å². The molecular formula is C40H52O4. The smallest absolute Gasteiger partial charge is 0.163 e. The first-order chi connectivity index (χ1) is 21.0. The molecule has 0 fully saturated rings. The van der Waals surface area contributed by atoms with Crippen molar-refractivity contribution in [3.8, 4) is 0 Å². The van der Waals surface area contributed by atoms with Crippen LogP contribution in [0.1, 0.15) is 136 Å². The van der Waals surface area contributed by atoms with Crippen LogP contribution >= 0.6 is 0 Å². The minimum atomic E-state index is -0.123. The standard InChI is InChI=1S/C37H44O4.C3H8/c1-6-9-31(33(7-2)35(40)16-24(4)38)19-27-20-34-32(14-12-23(3)37(34)36(41)21-27)18-26-13-15-30(17-26)29-11-8-10-28(22-29)25(5)39;1-3-2/h8,10-12,14-15,17,22,27,31,33H,6-7,9,13,16,18-21H2,1-5H3;3H2,1-2H3. The second-order valence-corrected chi connectivity index (χ2v) is 12.9. The highest BCUT2D eigenvalue weighted by Crippen LogP contribution is 2.39. The zero-order valence-electron chi connectivity index (χ0n) is 28.1. The number of ketones is 4. The maximum absolute atomic E-state index is 13.5. The average Bonchev–Trinajstić information content (AvgIpc) is 3.43. The fourth-order valence-corrected chi connectivity index (χ4v) is 7.03. The Morgan fingerprint density at radius 2 is 1.70 bits per heavy atom. The number of hydrogen-bond donors (Lipinski definition) is 0. The summed E-state index contributed by atoms with van der Waals surface area (Å²) in [5.74, 6) is 0.538. The molecule has 0 amide bonds. The Hall–Kier alpha value is -3.40. The van der Waals surface area contributed by atoms with Crippen molar-refractivity contribution in [2.24, 2.45) is 17.8 Å². The molecule has 2 aromatic rings. The first-order valence-corrected chi connectivity index (χ1v) is 16.7. The topological polar surface area (TPSA) is 68.3 Å². The first-order valence-electron chi connectivity index (χ1n) is 16.7. The molecule has 0 aromatic heterocycles. The van der Waals surface area contributed by atoms with Gasteiger partial charge in [0.1, 0.15) is 11.6 Å². The maximum Gasteiger partial charge on any atom is 0.163 e. The van der Waals surface area contributed by atoms with Crippen LogP contribution in [0.3, 0.4) is 0 Å². The molecule has 44 heavy (non-hydrogen) atoms. The Morgan fingerprint density at radius 1 is 0.977 bits per heavy atom. The third kappa shape index (κ3) is 9.06. The fraction of sp³-hybridized carbons (Fsp3) is 0.500. The lowest BCUT2D eigenvalue weighted by Gasteiger charge is -2.32. The summed E-state index contributed by atoms with van der Waals surface area (Å²) in [4.78, 5) is 50.1. The molecule has 3 unspecified atom stereocenters. The average molecular weight is 597 g/mol. The number of benzene rings is 2. The van der Waals surface area contributed by atoms with Gasteiger partial charge in [-0.15, -0.1) is 0 Å². The van der Waals surface area contributed by atoms with Crippen LogP contribution in [-0.2, 0) is 22.4 Å². The van der Waals surface area contributed by atoms with Crippen molar-refractivity contribution < 1.29 is 19.2 Å². The molecular weight excluding hydrogens is 544 g/mol. The van der Waals surface area contributed by atoms with Crippen molar-refractivity contribution in [3.63, 3.8) is 0 Å². The fourth-order valence-electron chi connectivity index (χ4n) is 7.03. The Kier molecular flexibility index (Phi) is 13.2. The molecule has 0 heterocycles. The first kappa shape index (κ1) is 35.1. The molecule has 0 bridgehead atoms. The molecule has 0 spiro atoms. The van der Waals surface area contributed by atoms with E-state index in [1.807, 2.05) is 38.1 Å². The molecule has 4 rings (SSSR count). The number of rotatable bonds is 13. The van der Waals surface area contributed by atoms with Crippen LogP contribution in [0.25, 0.3) is 5.57 Å². The van der Waals surface area contributed by atoms with Crippen LogP contribution in [0.5, 0.6) is 0 Å². The number of allylic oxidation sites excluding steroid dienone is 4. The predicted octanol–water partition coefficient (Wildman–Crippen LogP) is 9.70. The van der Waals surface area contributed by atoms with Crippen LogP contribution in [0.4, 0.5) is 0 Å². The van der Waals surface area contributed by atoms with Crippen molar-refractivity contribution >= 4 is 28.7 Å². The highest BCUT2D eigenvalue weighted by atomic mass is 16.1. The lowest BCUT2D eigenvalue weighted by Crippen LogP contribution is -2.30. The molecule has 0 N–H and O–H groups in total. The Morgan fingerprint density at radius 3 is 2.34 bits per heavy atom. The van der Waals surface area contributed by atoms with E-state index in [0.717, 1.165) is 72.8 Å². The second-order valence-electron chi connectivity index (χ2n) is 12.9. The van der Waals surface area contributed by atoms with Crippen LogP contribution in [-0.4, -0.2) is 23.1 Å². The summed E-state index contributed by atoms with van der Waals surface area (Å²) in [6.07, 6.45) is 12.2. The number of fused-ring (bicyclic) bond motifs is 1. The summed E-state index contributed by atoms with van der Waals surface area (Å²) in [6, 6.07) is 12.1. The zero-order valence-corrected chi connectivity index (χ0v) is 28.1. The molecule has 0 saturated carbocycles. The van der Waals surface area contributed by atoms with Gasteiger partial charge in [0.15, 0.2) is 11.6 Å². The Labute approximate surface area is 265 Å². The summed E-state index contributed by atoms with van der Waals surface area (Å²) in [7, 11) is 0. The van der Waals surface area contributed by atoms with Gasteiger partial charge in [0, 0.05) is 23.5 Å². The van der Waals surface area contributed by atoms with E-state index < -0.39 is 0 Å². The van der Waals surface area contributed by atoms with Gasteiger partial charge in [0.25, 0.3) is 0 Å².